The largest absolute Gasteiger partial charge is 0.493 e. The van der Waals surface area contributed by atoms with Crippen molar-refractivity contribution >= 4 is 11.9 Å². The molecule has 3 rings (SSSR count). The monoisotopic (exact) mass is 384 g/mol. The number of carbonyl (C=O) groups excluding carboxylic acids is 2. The van der Waals surface area contributed by atoms with E-state index in [1.165, 1.54) is 0 Å². The predicted molar refractivity (Wildman–Crippen MR) is 103 cm³/mol. The summed E-state index contributed by atoms with van der Waals surface area (Å²) in [5.74, 6) is -0.109. The van der Waals surface area contributed by atoms with Gasteiger partial charge in [0.1, 0.15) is 23.7 Å². The first-order chi connectivity index (χ1) is 13.7. The first-order valence-electron chi connectivity index (χ1n) is 9.50. The zero-order valence-electron chi connectivity index (χ0n) is 15.9. The normalized spacial score (nSPS) is 15.8. The van der Waals surface area contributed by atoms with Crippen molar-refractivity contribution in [3.05, 3.63) is 59.7 Å². The molecule has 0 saturated carbocycles. The molecular formula is C22H24O6. The second kappa shape index (κ2) is 9.90. The Balaban J connectivity index is 1.58. The van der Waals surface area contributed by atoms with E-state index in [1.807, 2.05) is 6.92 Å². The number of esters is 2. The fourth-order valence-electron chi connectivity index (χ4n) is 2.82. The van der Waals surface area contributed by atoms with Gasteiger partial charge in [-0.05, 0) is 55.7 Å². The first-order valence-corrected chi connectivity index (χ1v) is 9.50. The molecule has 1 aliphatic heterocycles. The van der Waals surface area contributed by atoms with Gasteiger partial charge in [0.05, 0.1) is 18.3 Å². The Hall–Kier alpha value is -2.86. The van der Waals surface area contributed by atoms with Crippen LogP contribution in [-0.4, -0.2) is 37.9 Å². The number of hydrogen-bond acceptors (Lipinski definition) is 6. The lowest BCUT2D eigenvalue weighted by Crippen LogP contribution is -2.17. The van der Waals surface area contributed by atoms with Crippen molar-refractivity contribution in [2.75, 3.05) is 19.8 Å². The first kappa shape index (κ1) is 19.9. The molecular weight excluding hydrogens is 360 g/mol. The molecule has 6 nitrogen and oxygen atoms in total. The Morgan fingerprint density at radius 2 is 1.86 bits per heavy atom. The van der Waals surface area contributed by atoms with Crippen LogP contribution >= 0.6 is 0 Å². The summed E-state index contributed by atoms with van der Waals surface area (Å²) in [6, 6.07) is 13.2. The van der Waals surface area contributed by atoms with Crippen LogP contribution in [0.25, 0.3) is 0 Å². The number of hydrogen-bond donors (Lipinski definition) is 0. The molecule has 0 radical (unpaired) electrons. The topological polar surface area (TPSA) is 71.1 Å². The Kier molecular flexibility index (Phi) is 7.03. The summed E-state index contributed by atoms with van der Waals surface area (Å²) in [6.07, 6.45) is 2.73. The number of rotatable bonds is 8. The molecule has 2 aromatic carbocycles. The lowest BCUT2D eigenvalue weighted by molar-refractivity contribution is 0.0161. The predicted octanol–water partition coefficient (Wildman–Crippen LogP) is 4.03. The maximum Gasteiger partial charge on any atom is 0.347 e. The van der Waals surface area contributed by atoms with E-state index in [0.717, 1.165) is 25.9 Å². The molecule has 0 amide bonds. The molecule has 0 aromatic heterocycles. The number of benzene rings is 2. The summed E-state index contributed by atoms with van der Waals surface area (Å²) in [5, 5.41) is 0. The second-order valence-electron chi connectivity index (χ2n) is 6.49. The van der Waals surface area contributed by atoms with E-state index in [9.17, 15) is 9.59 Å². The molecule has 0 bridgehead atoms. The van der Waals surface area contributed by atoms with Gasteiger partial charge in [0.15, 0.2) is 0 Å². The zero-order valence-corrected chi connectivity index (χ0v) is 15.9. The van der Waals surface area contributed by atoms with Gasteiger partial charge in [-0.3, -0.25) is 0 Å². The Bertz CT molecular complexity index is 793. The maximum atomic E-state index is 12.5. The smallest absolute Gasteiger partial charge is 0.347 e. The van der Waals surface area contributed by atoms with E-state index in [4.69, 9.17) is 18.9 Å². The molecule has 1 aliphatic rings. The average molecular weight is 384 g/mol. The standard InChI is InChI=1S/C22H24O6/c1-2-13-26-20-8-4-3-7-19(20)22(24)28-17-11-9-16(10-12-17)21(23)27-15-18-6-5-14-25-18/h3-4,7-12,18H,2,5-6,13-15H2,1H3. The van der Waals surface area contributed by atoms with Crippen molar-refractivity contribution < 1.29 is 28.5 Å². The van der Waals surface area contributed by atoms with E-state index >= 15 is 0 Å². The quantitative estimate of drug-likeness (QED) is 0.505. The number of para-hydroxylation sites is 1. The zero-order chi connectivity index (χ0) is 19.8. The molecule has 2 aromatic rings. The fourth-order valence-corrected chi connectivity index (χ4v) is 2.82. The fraction of sp³-hybridized carbons (Fsp3) is 0.364. The van der Waals surface area contributed by atoms with Gasteiger partial charge in [0, 0.05) is 6.61 Å². The Labute approximate surface area is 164 Å². The van der Waals surface area contributed by atoms with Crippen molar-refractivity contribution in [1.82, 2.24) is 0 Å². The van der Waals surface area contributed by atoms with Crippen LogP contribution in [0, 0.1) is 0 Å². The van der Waals surface area contributed by atoms with Crippen LogP contribution in [-0.2, 0) is 9.47 Å². The van der Waals surface area contributed by atoms with Crippen LogP contribution in [0.3, 0.4) is 0 Å². The molecule has 1 heterocycles. The highest BCUT2D eigenvalue weighted by Crippen LogP contribution is 2.22. The molecule has 6 heteroatoms. The molecule has 28 heavy (non-hydrogen) atoms. The molecule has 1 atom stereocenters. The Morgan fingerprint density at radius 3 is 2.57 bits per heavy atom. The number of ether oxygens (including phenoxy) is 4. The lowest BCUT2D eigenvalue weighted by atomic mass is 10.2. The Morgan fingerprint density at radius 1 is 1.07 bits per heavy atom. The van der Waals surface area contributed by atoms with E-state index < -0.39 is 11.9 Å². The van der Waals surface area contributed by atoms with E-state index in [2.05, 4.69) is 0 Å². The summed E-state index contributed by atoms with van der Waals surface area (Å²) >= 11 is 0. The van der Waals surface area contributed by atoms with Crippen molar-refractivity contribution in [3.8, 4) is 11.5 Å². The van der Waals surface area contributed by atoms with Gasteiger partial charge < -0.3 is 18.9 Å². The van der Waals surface area contributed by atoms with Crippen LogP contribution in [0.4, 0.5) is 0 Å². The third kappa shape index (κ3) is 5.33. The lowest BCUT2D eigenvalue weighted by Gasteiger charge is -2.11. The van der Waals surface area contributed by atoms with Crippen LogP contribution in [0.1, 0.15) is 46.9 Å². The van der Waals surface area contributed by atoms with Gasteiger partial charge in [-0.25, -0.2) is 9.59 Å². The third-order valence-corrected chi connectivity index (χ3v) is 4.29. The van der Waals surface area contributed by atoms with Gasteiger partial charge in [-0.2, -0.15) is 0 Å². The minimum absolute atomic E-state index is 0.0147. The minimum atomic E-state index is -0.514. The van der Waals surface area contributed by atoms with Gasteiger partial charge >= 0.3 is 11.9 Å². The van der Waals surface area contributed by atoms with Crippen molar-refractivity contribution in [3.63, 3.8) is 0 Å². The van der Waals surface area contributed by atoms with Crippen molar-refractivity contribution in [2.24, 2.45) is 0 Å². The van der Waals surface area contributed by atoms with Gasteiger partial charge in [-0.1, -0.05) is 19.1 Å². The van der Waals surface area contributed by atoms with Gasteiger partial charge in [0.2, 0.25) is 0 Å². The van der Waals surface area contributed by atoms with Crippen LogP contribution in [0.5, 0.6) is 11.5 Å². The van der Waals surface area contributed by atoms with Crippen molar-refractivity contribution in [1.29, 1.82) is 0 Å². The van der Waals surface area contributed by atoms with Crippen LogP contribution in [0.15, 0.2) is 48.5 Å². The number of carbonyl (C=O) groups is 2. The summed E-state index contributed by atoms with van der Waals surface area (Å²) in [6.45, 7) is 3.49. The summed E-state index contributed by atoms with van der Waals surface area (Å²) in [5.41, 5.74) is 0.750. The highest BCUT2D eigenvalue weighted by molar-refractivity contribution is 5.94. The van der Waals surface area contributed by atoms with Crippen LogP contribution < -0.4 is 9.47 Å². The van der Waals surface area contributed by atoms with Gasteiger partial charge in [0.25, 0.3) is 0 Å². The highest BCUT2D eigenvalue weighted by atomic mass is 16.6. The molecule has 0 aliphatic carbocycles. The van der Waals surface area contributed by atoms with E-state index in [0.29, 0.717) is 29.2 Å². The summed E-state index contributed by atoms with van der Waals surface area (Å²) < 4.78 is 21.7. The average Bonchev–Trinajstić information content (AvgIpc) is 3.25. The SMILES string of the molecule is CCCOc1ccccc1C(=O)Oc1ccc(C(=O)OCC2CCCO2)cc1. The molecule has 1 saturated heterocycles. The molecule has 1 fully saturated rings. The van der Waals surface area contributed by atoms with Gasteiger partial charge in [-0.15, -0.1) is 0 Å². The molecule has 0 N–H and O–H groups in total. The third-order valence-electron chi connectivity index (χ3n) is 4.29. The summed E-state index contributed by atoms with van der Waals surface area (Å²) in [4.78, 5) is 24.6. The van der Waals surface area contributed by atoms with E-state index in [-0.39, 0.29) is 12.7 Å². The maximum absolute atomic E-state index is 12.5. The molecule has 0 spiro atoms. The second-order valence-corrected chi connectivity index (χ2v) is 6.49. The van der Waals surface area contributed by atoms with E-state index in [1.54, 1.807) is 48.5 Å². The molecule has 1 unspecified atom stereocenters. The van der Waals surface area contributed by atoms with Crippen molar-refractivity contribution in [2.45, 2.75) is 32.3 Å². The molecule has 148 valence electrons. The summed E-state index contributed by atoms with van der Waals surface area (Å²) in [7, 11) is 0. The highest BCUT2D eigenvalue weighted by Gasteiger charge is 2.19. The minimum Gasteiger partial charge on any atom is -0.493 e. The van der Waals surface area contributed by atoms with Crippen LogP contribution in [0.2, 0.25) is 0 Å².